The fourth-order valence-corrected chi connectivity index (χ4v) is 5.57. The lowest BCUT2D eigenvalue weighted by Gasteiger charge is -2.25. The number of hydrogen-bond donors (Lipinski definition) is 0. The molecule has 0 unspecified atom stereocenters. The number of carbonyl (C=O) groups is 1. The van der Waals surface area contributed by atoms with Crippen LogP contribution in [0, 0.1) is 0 Å². The molecule has 6 rings (SSSR count). The van der Waals surface area contributed by atoms with Gasteiger partial charge in [-0.25, -0.2) is 4.98 Å². The van der Waals surface area contributed by atoms with Crippen molar-refractivity contribution in [1.29, 1.82) is 0 Å². The van der Waals surface area contributed by atoms with E-state index >= 15 is 0 Å². The van der Waals surface area contributed by atoms with Crippen LogP contribution in [0.4, 0.5) is 11.4 Å². The summed E-state index contributed by atoms with van der Waals surface area (Å²) in [6.07, 6.45) is 3.89. The Kier molecular flexibility index (Phi) is 6.14. The number of aromatic nitrogens is 2. The zero-order chi connectivity index (χ0) is 24.3. The van der Waals surface area contributed by atoms with E-state index in [2.05, 4.69) is 53.1 Å². The molecule has 0 spiro atoms. The van der Waals surface area contributed by atoms with E-state index < -0.39 is 0 Å². The van der Waals surface area contributed by atoms with Gasteiger partial charge in [-0.05, 0) is 48.2 Å². The average Bonchev–Trinajstić information content (AvgIpc) is 3.29. The molecule has 2 heterocycles. The van der Waals surface area contributed by atoms with Crippen LogP contribution >= 0.6 is 11.8 Å². The van der Waals surface area contributed by atoms with E-state index in [1.807, 2.05) is 71.8 Å². The third-order valence-corrected chi connectivity index (χ3v) is 7.42. The van der Waals surface area contributed by atoms with E-state index in [4.69, 9.17) is 4.98 Å². The van der Waals surface area contributed by atoms with Crippen molar-refractivity contribution in [1.82, 2.24) is 9.55 Å². The number of para-hydroxylation sites is 3. The van der Waals surface area contributed by atoms with Crippen molar-refractivity contribution in [2.75, 3.05) is 10.7 Å². The molecule has 1 amide bonds. The number of anilines is 2. The van der Waals surface area contributed by atoms with E-state index in [0.29, 0.717) is 0 Å². The van der Waals surface area contributed by atoms with Gasteiger partial charge < -0.3 is 0 Å². The Morgan fingerprint density at radius 2 is 1.28 bits per heavy atom. The first-order chi connectivity index (χ1) is 17.8. The molecule has 1 aliphatic heterocycles. The Labute approximate surface area is 215 Å². The van der Waals surface area contributed by atoms with Gasteiger partial charge in [-0.3, -0.25) is 14.3 Å². The van der Waals surface area contributed by atoms with Crippen molar-refractivity contribution in [3.8, 4) is 16.9 Å². The van der Waals surface area contributed by atoms with Gasteiger partial charge in [0.1, 0.15) is 0 Å². The standard InChI is InChI=1S/C31H25N3OS/c35-30(34-28-17-9-7-13-24(28)19-20-25-14-8-10-18-29(25)34)22-36-31-32-27(23-11-3-1-4-12-23)21-33(31)26-15-5-2-6-16-26/h1-18,21H,19-20,22H2. The number of imidazole rings is 1. The van der Waals surface area contributed by atoms with Crippen molar-refractivity contribution in [3.63, 3.8) is 0 Å². The average molecular weight is 488 g/mol. The SMILES string of the molecule is O=C(CSc1nc(-c2ccccc2)cn1-c1ccccc1)N1c2ccccc2CCc2ccccc21. The summed E-state index contributed by atoms with van der Waals surface area (Å²) in [6, 6.07) is 36.8. The van der Waals surface area contributed by atoms with Crippen LogP contribution < -0.4 is 4.90 Å². The van der Waals surface area contributed by atoms with Gasteiger partial charge in [0.05, 0.1) is 22.8 Å². The summed E-state index contributed by atoms with van der Waals surface area (Å²) in [4.78, 5) is 20.7. The van der Waals surface area contributed by atoms with Crippen molar-refractivity contribution >= 4 is 29.0 Å². The number of fused-ring (bicyclic) bond motifs is 2. The van der Waals surface area contributed by atoms with E-state index in [1.54, 1.807) is 0 Å². The number of thioether (sulfide) groups is 1. The minimum Gasteiger partial charge on any atom is -0.294 e. The minimum absolute atomic E-state index is 0.0469. The summed E-state index contributed by atoms with van der Waals surface area (Å²) < 4.78 is 2.07. The van der Waals surface area contributed by atoms with Gasteiger partial charge >= 0.3 is 0 Å². The molecule has 36 heavy (non-hydrogen) atoms. The van der Waals surface area contributed by atoms with Crippen LogP contribution in [0.25, 0.3) is 16.9 Å². The number of carbonyl (C=O) groups excluding carboxylic acids is 1. The van der Waals surface area contributed by atoms with Crippen molar-refractivity contribution in [3.05, 3.63) is 127 Å². The van der Waals surface area contributed by atoms with Gasteiger partial charge in [0.15, 0.2) is 5.16 Å². The van der Waals surface area contributed by atoms with Gasteiger partial charge in [-0.2, -0.15) is 0 Å². The third kappa shape index (κ3) is 4.34. The molecule has 4 nitrogen and oxygen atoms in total. The van der Waals surface area contributed by atoms with E-state index in [9.17, 15) is 4.79 Å². The van der Waals surface area contributed by atoms with Crippen molar-refractivity contribution in [2.24, 2.45) is 0 Å². The molecule has 0 bridgehead atoms. The van der Waals surface area contributed by atoms with Gasteiger partial charge in [-0.15, -0.1) is 0 Å². The van der Waals surface area contributed by atoms with Crippen LogP contribution in [0.2, 0.25) is 0 Å². The second-order valence-corrected chi connectivity index (χ2v) is 9.70. The van der Waals surface area contributed by atoms with Gasteiger partial charge in [0, 0.05) is 17.4 Å². The molecule has 1 aromatic heterocycles. The molecule has 0 radical (unpaired) electrons. The molecule has 0 N–H and O–H groups in total. The lowest BCUT2D eigenvalue weighted by Crippen LogP contribution is -2.28. The van der Waals surface area contributed by atoms with Crippen molar-refractivity contribution in [2.45, 2.75) is 18.0 Å². The Balaban J connectivity index is 1.34. The Morgan fingerprint density at radius 1 is 0.722 bits per heavy atom. The molecule has 4 aromatic carbocycles. The first kappa shape index (κ1) is 22.4. The van der Waals surface area contributed by atoms with E-state index in [1.165, 1.54) is 22.9 Å². The normalized spacial score (nSPS) is 12.5. The van der Waals surface area contributed by atoms with Crippen LogP contribution in [-0.4, -0.2) is 21.2 Å². The van der Waals surface area contributed by atoms with Crippen molar-refractivity contribution < 1.29 is 4.79 Å². The second-order valence-electron chi connectivity index (χ2n) is 8.76. The number of nitrogens with zero attached hydrogens (tertiary/aromatic N) is 3. The molecule has 1 aliphatic rings. The predicted molar refractivity (Wildman–Crippen MR) is 147 cm³/mol. The highest BCUT2D eigenvalue weighted by Gasteiger charge is 2.26. The number of rotatable bonds is 5. The quantitative estimate of drug-likeness (QED) is 0.248. The highest BCUT2D eigenvalue weighted by Crippen LogP contribution is 2.37. The minimum atomic E-state index is 0.0469. The second kappa shape index (κ2) is 9.88. The van der Waals surface area contributed by atoms with Gasteiger partial charge in [-0.1, -0.05) is 96.7 Å². The van der Waals surface area contributed by atoms with E-state index in [-0.39, 0.29) is 11.7 Å². The summed E-state index contributed by atoms with van der Waals surface area (Å²) in [5.74, 6) is 0.325. The van der Waals surface area contributed by atoms with Crippen LogP contribution in [0.3, 0.4) is 0 Å². The molecule has 0 aliphatic carbocycles. The molecule has 5 aromatic rings. The topological polar surface area (TPSA) is 38.1 Å². The fraction of sp³-hybridized carbons (Fsp3) is 0.0968. The summed E-state index contributed by atoms with van der Waals surface area (Å²) in [6.45, 7) is 0. The Bertz CT molecular complexity index is 1460. The smallest absolute Gasteiger partial charge is 0.242 e. The number of aryl methyl sites for hydroxylation is 2. The molecular formula is C31H25N3OS. The largest absolute Gasteiger partial charge is 0.294 e. The number of amides is 1. The maximum atomic E-state index is 13.8. The maximum Gasteiger partial charge on any atom is 0.242 e. The molecule has 0 saturated carbocycles. The number of hydrogen-bond acceptors (Lipinski definition) is 3. The Morgan fingerprint density at radius 3 is 1.92 bits per heavy atom. The monoisotopic (exact) mass is 487 g/mol. The number of benzene rings is 4. The lowest BCUT2D eigenvalue weighted by molar-refractivity contribution is -0.115. The Hall–Kier alpha value is -4.09. The lowest BCUT2D eigenvalue weighted by atomic mass is 10.0. The zero-order valence-electron chi connectivity index (χ0n) is 19.7. The summed E-state index contributed by atoms with van der Waals surface area (Å²) >= 11 is 1.48. The van der Waals surface area contributed by atoms with Crippen LogP contribution in [-0.2, 0) is 17.6 Å². The van der Waals surface area contributed by atoms with Gasteiger partial charge in [0.25, 0.3) is 0 Å². The highest BCUT2D eigenvalue weighted by molar-refractivity contribution is 7.99. The summed E-state index contributed by atoms with van der Waals surface area (Å²) in [5.41, 5.74) is 7.31. The molecule has 176 valence electrons. The molecular weight excluding hydrogens is 462 g/mol. The van der Waals surface area contributed by atoms with Gasteiger partial charge in [0.2, 0.25) is 5.91 Å². The summed E-state index contributed by atoms with van der Waals surface area (Å²) in [7, 11) is 0. The zero-order valence-corrected chi connectivity index (χ0v) is 20.6. The first-order valence-electron chi connectivity index (χ1n) is 12.1. The fourth-order valence-electron chi connectivity index (χ4n) is 4.73. The van der Waals surface area contributed by atoms with Crippen LogP contribution in [0.15, 0.2) is 121 Å². The van der Waals surface area contributed by atoms with Crippen LogP contribution in [0.1, 0.15) is 11.1 Å². The molecule has 0 saturated heterocycles. The first-order valence-corrected chi connectivity index (χ1v) is 13.1. The van der Waals surface area contributed by atoms with Crippen LogP contribution in [0.5, 0.6) is 0 Å². The molecule has 0 fully saturated rings. The predicted octanol–water partition coefficient (Wildman–Crippen LogP) is 7.09. The molecule has 5 heteroatoms. The summed E-state index contributed by atoms with van der Waals surface area (Å²) in [5, 5.41) is 0.796. The van der Waals surface area contributed by atoms with E-state index in [0.717, 1.165) is 46.3 Å². The molecule has 0 atom stereocenters. The third-order valence-electron chi connectivity index (χ3n) is 6.48. The highest BCUT2D eigenvalue weighted by atomic mass is 32.2. The maximum absolute atomic E-state index is 13.8.